The van der Waals surface area contributed by atoms with Gasteiger partial charge in [-0.05, 0) is 42.8 Å². The summed E-state index contributed by atoms with van der Waals surface area (Å²) in [5.41, 5.74) is 2.13. The highest BCUT2D eigenvalue weighted by molar-refractivity contribution is 7.13. The molecule has 0 saturated heterocycles. The van der Waals surface area contributed by atoms with Crippen molar-refractivity contribution in [1.82, 2.24) is 14.9 Å². The minimum Gasteiger partial charge on any atom is -0.497 e. The topological polar surface area (TPSA) is 81.6 Å². The zero-order valence-corrected chi connectivity index (χ0v) is 17.7. The third-order valence-electron chi connectivity index (χ3n) is 4.33. The van der Waals surface area contributed by atoms with E-state index in [0.29, 0.717) is 18.8 Å². The van der Waals surface area contributed by atoms with Crippen LogP contribution in [0.15, 0.2) is 54.2 Å². The Bertz CT molecular complexity index is 974. The molecule has 2 heterocycles. The van der Waals surface area contributed by atoms with Crippen molar-refractivity contribution in [2.24, 2.45) is 0 Å². The van der Waals surface area contributed by atoms with Gasteiger partial charge >= 0.3 is 5.97 Å². The number of esters is 1. The summed E-state index contributed by atoms with van der Waals surface area (Å²) >= 11 is 1.40. The molecule has 0 bridgehead atoms. The third kappa shape index (κ3) is 5.64. The molecular weight excluding hydrogens is 402 g/mol. The Kier molecular flexibility index (Phi) is 7.51. The second-order valence-corrected chi connectivity index (χ2v) is 7.27. The molecule has 0 unspecified atom stereocenters. The molecule has 0 aliphatic heterocycles. The van der Waals surface area contributed by atoms with Crippen LogP contribution in [-0.4, -0.2) is 47.0 Å². The molecule has 0 aliphatic rings. The molecule has 0 aliphatic carbocycles. The second kappa shape index (κ2) is 10.5. The molecule has 0 saturated carbocycles. The van der Waals surface area contributed by atoms with Gasteiger partial charge < -0.3 is 14.4 Å². The molecular formula is C22H23N3O4S. The number of aromatic nitrogens is 2. The van der Waals surface area contributed by atoms with Crippen LogP contribution in [0.5, 0.6) is 5.75 Å². The zero-order chi connectivity index (χ0) is 21.3. The number of ether oxygens (including phenoxy) is 2. The molecule has 0 atom stereocenters. The van der Waals surface area contributed by atoms with E-state index in [1.807, 2.05) is 36.4 Å². The summed E-state index contributed by atoms with van der Waals surface area (Å²) in [4.78, 5) is 35.2. The maximum Gasteiger partial charge on any atom is 0.307 e. The highest BCUT2D eigenvalue weighted by Gasteiger charge is 2.21. The number of carbonyl (C=O) groups is 2. The van der Waals surface area contributed by atoms with Crippen molar-refractivity contribution in [1.29, 1.82) is 0 Å². The van der Waals surface area contributed by atoms with E-state index in [0.717, 1.165) is 21.9 Å². The predicted octanol–water partition coefficient (Wildman–Crippen LogP) is 3.81. The Morgan fingerprint density at radius 1 is 1.17 bits per heavy atom. The van der Waals surface area contributed by atoms with E-state index in [-0.39, 0.29) is 24.8 Å². The number of carbonyl (C=O) groups excluding carboxylic acids is 2. The van der Waals surface area contributed by atoms with Crippen LogP contribution in [0.1, 0.15) is 29.4 Å². The summed E-state index contributed by atoms with van der Waals surface area (Å²) in [7, 11) is 1.61. The van der Waals surface area contributed by atoms with Gasteiger partial charge in [-0.3, -0.25) is 14.6 Å². The average Bonchev–Trinajstić information content (AvgIpc) is 3.27. The van der Waals surface area contributed by atoms with Crippen LogP contribution in [0.2, 0.25) is 0 Å². The molecule has 0 spiro atoms. The second-order valence-electron chi connectivity index (χ2n) is 6.41. The fraction of sp³-hybridized carbons (Fsp3) is 0.273. The van der Waals surface area contributed by atoms with E-state index in [9.17, 15) is 9.59 Å². The minimum absolute atomic E-state index is 0.120. The average molecular weight is 426 g/mol. The maximum absolute atomic E-state index is 13.1. The van der Waals surface area contributed by atoms with Gasteiger partial charge in [0.15, 0.2) is 0 Å². The van der Waals surface area contributed by atoms with Crippen molar-refractivity contribution in [3.05, 3.63) is 65.4 Å². The van der Waals surface area contributed by atoms with Gasteiger partial charge in [-0.2, -0.15) is 0 Å². The van der Waals surface area contributed by atoms with Gasteiger partial charge in [0.05, 0.1) is 20.1 Å². The molecule has 8 heteroatoms. The lowest BCUT2D eigenvalue weighted by atomic mass is 10.2. The van der Waals surface area contributed by atoms with Crippen molar-refractivity contribution < 1.29 is 19.1 Å². The van der Waals surface area contributed by atoms with E-state index >= 15 is 0 Å². The first-order valence-electron chi connectivity index (χ1n) is 9.54. The largest absolute Gasteiger partial charge is 0.497 e. The van der Waals surface area contributed by atoms with E-state index in [1.165, 1.54) is 11.3 Å². The molecule has 0 N–H and O–H groups in total. The summed E-state index contributed by atoms with van der Waals surface area (Å²) in [5, 5.41) is 2.48. The SMILES string of the molecule is CCOC(=O)CCN(Cc1cccnc1)C(=O)c1csc(-c2ccc(OC)cc2)n1. The van der Waals surface area contributed by atoms with E-state index in [1.54, 1.807) is 36.7 Å². The van der Waals surface area contributed by atoms with Crippen LogP contribution in [0, 0.1) is 0 Å². The molecule has 2 aromatic heterocycles. The fourth-order valence-corrected chi connectivity index (χ4v) is 3.62. The predicted molar refractivity (Wildman–Crippen MR) is 114 cm³/mol. The van der Waals surface area contributed by atoms with E-state index < -0.39 is 0 Å². The quantitative estimate of drug-likeness (QED) is 0.485. The first-order valence-corrected chi connectivity index (χ1v) is 10.4. The van der Waals surface area contributed by atoms with Crippen LogP contribution < -0.4 is 4.74 Å². The van der Waals surface area contributed by atoms with Gasteiger partial charge in [0.2, 0.25) is 0 Å². The number of nitrogens with zero attached hydrogens (tertiary/aromatic N) is 3. The zero-order valence-electron chi connectivity index (χ0n) is 16.9. The van der Waals surface area contributed by atoms with Gasteiger partial charge in [0.1, 0.15) is 16.5 Å². The molecule has 3 rings (SSSR count). The van der Waals surface area contributed by atoms with Crippen LogP contribution in [0.25, 0.3) is 10.6 Å². The Labute approximate surface area is 179 Å². The molecule has 156 valence electrons. The van der Waals surface area contributed by atoms with Crippen LogP contribution in [0.4, 0.5) is 0 Å². The van der Waals surface area contributed by atoms with Gasteiger partial charge in [-0.15, -0.1) is 11.3 Å². The number of amides is 1. The molecule has 30 heavy (non-hydrogen) atoms. The number of rotatable bonds is 9. The number of hydrogen-bond donors (Lipinski definition) is 0. The van der Waals surface area contributed by atoms with Crippen LogP contribution >= 0.6 is 11.3 Å². The Morgan fingerprint density at radius 3 is 2.63 bits per heavy atom. The molecule has 7 nitrogen and oxygen atoms in total. The summed E-state index contributed by atoms with van der Waals surface area (Å²) in [6.45, 7) is 2.64. The van der Waals surface area contributed by atoms with Gasteiger partial charge in [-0.1, -0.05) is 6.07 Å². The number of pyridine rings is 1. The Hall–Kier alpha value is -3.26. The van der Waals surface area contributed by atoms with Crippen molar-refractivity contribution in [2.75, 3.05) is 20.3 Å². The van der Waals surface area contributed by atoms with Crippen molar-refractivity contribution in [3.63, 3.8) is 0 Å². The number of hydrogen-bond acceptors (Lipinski definition) is 7. The molecule has 0 radical (unpaired) electrons. The lowest BCUT2D eigenvalue weighted by Crippen LogP contribution is -2.33. The standard InChI is InChI=1S/C22H23N3O4S/c1-3-29-20(26)10-12-25(14-16-5-4-11-23-13-16)22(27)19-15-30-21(24-19)17-6-8-18(28-2)9-7-17/h4-9,11,13,15H,3,10,12,14H2,1-2H3. The number of methoxy groups -OCH3 is 1. The lowest BCUT2D eigenvalue weighted by Gasteiger charge is -2.21. The highest BCUT2D eigenvalue weighted by atomic mass is 32.1. The third-order valence-corrected chi connectivity index (χ3v) is 5.23. The molecule has 1 aromatic carbocycles. The molecule has 1 amide bonds. The van der Waals surface area contributed by atoms with Gasteiger partial charge in [0.25, 0.3) is 5.91 Å². The Balaban J connectivity index is 1.77. The van der Waals surface area contributed by atoms with Gasteiger partial charge in [0, 0.05) is 36.4 Å². The fourth-order valence-electron chi connectivity index (χ4n) is 2.82. The summed E-state index contributed by atoms with van der Waals surface area (Å²) in [5.74, 6) is 0.186. The summed E-state index contributed by atoms with van der Waals surface area (Å²) in [6.07, 6.45) is 3.50. The van der Waals surface area contributed by atoms with Crippen molar-refractivity contribution in [2.45, 2.75) is 19.9 Å². The molecule has 0 fully saturated rings. The lowest BCUT2D eigenvalue weighted by molar-refractivity contribution is -0.143. The minimum atomic E-state index is -0.335. The van der Waals surface area contributed by atoms with Crippen molar-refractivity contribution >= 4 is 23.2 Å². The summed E-state index contributed by atoms with van der Waals surface area (Å²) in [6, 6.07) is 11.2. The maximum atomic E-state index is 13.1. The number of thiazole rings is 1. The smallest absolute Gasteiger partial charge is 0.307 e. The van der Waals surface area contributed by atoms with E-state index in [2.05, 4.69) is 9.97 Å². The van der Waals surface area contributed by atoms with Crippen molar-refractivity contribution in [3.8, 4) is 16.3 Å². The monoisotopic (exact) mass is 425 g/mol. The van der Waals surface area contributed by atoms with Crippen LogP contribution in [0.3, 0.4) is 0 Å². The van der Waals surface area contributed by atoms with E-state index in [4.69, 9.17) is 9.47 Å². The Morgan fingerprint density at radius 2 is 1.97 bits per heavy atom. The molecule has 3 aromatic rings. The first-order chi connectivity index (χ1) is 14.6. The number of benzene rings is 1. The van der Waals surface area contributed by atoms with Crippen LogP contribution in [-0.2, 0) is 16.1 Å². The summed E-state index contributed by atoms with van der Waals surface area (Å²) < 4.78 is 10.2. The first kappa shape index (κ1) is 21.4. The van der Waals surface area contributed by atoms with Gasteiger partial charge in [-0.25, -0.2) is 4.98 Å². The highest BCUT2D eigenvalue weighted by Crippen LogP contribution is 2.26. The normalized spacial score (nSPS) is 10.5.